The van der Waals surface area contributed by atoms with Crippen LogP contribution in [0.15, 0.2) is 4.99 Å². The van der Waals surface area contributed by atoms with Gasteiger partial charge in [0.1, 0.15) is 17.2 Å². The molecule has 0 unspecified atom stereocenters. The maximum atomic E-state index is 11.8. The Bertz CT molecular complexity index is 524. The van der Waals surface area contributed by atoms with Crippen LogP contribution in [0.1, 0.15) is 6.92 Å². The summed E-state index contributed by atoms with van der Waals surface area (Å²) in [5.74, 6) is -2.77. The third kappa shape index (κ3) is 1.53. The number of nitrogens with one attached hydrogen (secondary N) is 1. The number of carbonyl (C=O) groups excluding carboxylic acids is 1. The van der Waals surface area contributed by atoms with Crippen LogP contribution in [0.3, 0.4) is 0 Å². The predicted molar refractivity (Wildman–Crippen MR) is 65.5 cm³/mol. The lowest BCUT2D eigenvalue weighted by molar-refractivity contribution is -0.299. The number of nitrogens with zero attached hydrogens (tertiary/aromatic N) is 1. The van der Waals surface area contributed by atoms with Gasteiger partial charge in [0.25, 0.3) is 0 Å². The van der Waals surface area contributed by atoms with Crippen molar-refractivity contribution < 1.29 is 35.1 Å². The lowest BCUT2D eigenvalue weighted by atomic mass is 9.57. The van der Waals surface area contributed by atoms with Crippen LogP contribution < -0.4 is 11.1 Å². The molecule has 0 aromatic heterocycles. The number of aliphatic imine (C=N–C) groups is 1. The summed E-state index contributed by atoms with van der Waals surface area (Å²) in [4.78, 5) is 15.4. The van der Waals surface area contributed by atoms with E-state index in [4.69, 9.17) is 10.5 Å². The second kappa shape index (κ2) is 4.05. The number of carbonyl (C=O) groups is 1. The summed E-state index contributed by atoms with van der Waals surface area (Å²) in [6.45, 7) is 1.16. The van der Waals surface area contributed by atoms with E-state index in [0.717, 1.165) is 6.92 Å². The number of guanidine groups is 1. The van der Waals surface area contributed by atoms with Crippen molar-refractivity contribution in [3.63, 3.8) is 0 Å². The fraction of sp³-hybridized carbons (Fsp3) is 0.818. The van der Waals surface area contributed by atoms with Crippen LogP contribution in [0.2, 0.25) is 0 Å². The van der Waals surface area contributed by atoms with Crippen molar-refractivity contribution >= 4 is 11.9 Å². The van der Waals surface area contributed by atoms with Crippen molar-refractivity contribution in [2.45, 2.75) is 48.7 Å². The minimum absolute atomic E-state index is 0.306. The molecule has 2 fully saturated rings. The minimum Gasteiger partial charge on any atom is -0.454 e. The Morgan fingerprint density at radius 2 is 1.90 bits per heavy atom. The predicted octanol–water partition coefficient (Wildman–Crippen LogP) is -4.65. The standard InChI is InChI=1S/C11H17N3O7/c1-10(20)3(15)2-7(18)13-9(12)14-11(2)4(16)6(10)21-8(19)5(11)17/h2-7,15-18,20H,1H3,(H3,12,13,14)/t2-,3+,4-,5-,6+,7-,10+,11-/m1/s1. The highest BCUT2D eigenvalue weighted by Gasteiger charge is 2.74. The summed E-state index contributed by atoms with van der Waals surface area (Å²) >= 11 is 0. The van der Waals surface area contributed by atoms with Gasteiger partial charge in [0.2, 0.25) is 0 Å². The number of nitrogens with two attached hydrogens (primary N) is 1. The Labute approximate surface area is 118 Å². The highest BCUT2D eigenvalue weighted by atomic mass is 16.6. The molecule has 0 aromatic carbocycles. The van der Waals surface area contributed by atoms with Gasteiger partial charge >= 0.3 is 5.97 Å². The molecule has 8 N–H and O–H groups in total. The quantitative estimate of drug-likeness (QED) is 0.217. The van der Waals surface area contributed by atoms with E-state index in [1.165, 1.54) is 0 Å². The summed E-state index contributed by atoms with van der Waals surface area (Å²) < 4.78 is 4.83. The SMILES string of the molecule is C[C@]1(O)[C@@H](O)[C@@H]2[C@@H](O)N=C(N)N[C@]23[C@H](O)C(=O)O[C@H]1[C@H]3O. The number of ether oxygens (including phenoxy) is 1. The molecule has 3 rings (SSSR count). The van der Waals surface area contributed by atoms with E-state index in [1.54, 1.807) is 0 Å². The zero-order valence-corrected chi connectivity index (χ0v) is 11.0. The highest BCUT2D eigenvalue weighted by molar-refractivity contribution is 5.85. The third-order valence-corrected chi connectivity index (χ3v) is 4.70. The summed E-state index contributed by atoms with van der Waals surface area (Å²) in [6, 6.07) is 0. The van der Waals surface area contributed by atoms with E-state index in [1.807, 2.05) is 0 Å². The smallest absolute Gasteiger partial charge is 0.338 e. The van der Waals surface area contributed by atoms with Crippen LogP contribution >= 0.6 is 0 Å². The zero-order valence-electron chi connectivity index (χ0n) is 11.0. The maximum Gasteiger partial charge on any atom is 0.338 e. The van der Waals surface area contributed by atoms with E-state index in [9.17, 15) is 30.3 Å². The fourth-order valence-corrected chi connectivity index (χ4v) is 3.58. The first kappa shape index (κ1) is 14.5. The molecular weight excluding hydrogens is 286 g/mol. The van der Waals surface area contributed by atoms with E-state index >= 15 is 0 Å². The van der Waals surface area contributed by atoms with E-state index in [0.29, 0.717) is 0 Å². The van der Waals surface area contributed by atoms with Gasteiger partial charge in [-0.05, 0) is 6.92 Å². The van der Waals surface area contributed by atoms with Gasteiger partial charge in [-0.2, -0.15) is 0 Å². The molecule has 1 aliphatic carbocycles. The second-order valence-electron chi connectivity index (χ2n) is 5.89. The van der Waals surface area contributed by atoms with Gasteiger partial charge < -0.3 is 41.3 Å². The molecule has 3 aliphatic rings. The van der Waals surface area contributed by atoms with Crippen molar-refractivity contribution in [1.29, 1.82) is 0 Å². The number of aliphatic hydroxyl groups is 5. The van der Waals surface area contributed by atoms with E-state index < -0.39 is 53.7 Å². The van der Waals surface area contributed by atoms with Crippen molar-refractivity contribution in [3.05, 3.63) is 0 Å². The minimum atomic E-state index is -2.03. The van der Waals surface area contributed by atoms with Crippen LogP contribution in [-0.2, 0) is 9.53 Å². The topological polar surface area (TPSA) is 178 Å². The number of esters is 1. The van der Waals surface area contributed by atoms with Crippen molar-refractivity contribution in [3.8, 4) is 0 Å². The molecule has 1 spiro atoms. The Balaban J connectivity index is 2.22. The van der Waals surface area contributed by atoms with Gasteiger partial charge in [-0.1, -0.05) is 0 Å². The Morgan fingerprint density at radius 1 is 1.29 bits per heavy atom. The van der Waals surface area contributed by atoms with Gasteiger partial charge in [0.05, 0.1) is 12.0 Å². The molecule has 2 heterocycles. The van der Waals surface area contributed by atoms with Crippen LogP contribution in [0, 0.1) is 5.92 Å². The highest BCUT2D eigenvalue weighted by Crippen LogP contribution is 2.48. The first-order valence-electron chi connectivity index (χ1n) is 6.40. The molecule has 21 heavy (non-hydrogen) atoms. The molecule has 118 valence electrons. The van der Waals surface area contributed by atoms with Gasteiger partial charge in [-0.15, -0.1) is 0 Å². The molecule has 2 aliphatic heterocycles. The normalized spacial score (nSPS) is 55.9. The number of rotatable bonds is 0. The molecule has 8 atom stereocenters. The summed E-state index contributed by atoms with van der Waals surface area (Å²) in [6.07, 6.45) is -8.26. The molecule has 2 bridgehead atoms. The fourth-order valence-electron chi connectivity index (χ4n) is 3.58. The number of hydrogen-bond donors (Lipinski definition) is 7. The van der Waals surface area contributed by atoms with Crippen LogP contribution in [0.5, 0.6) is 0 Å². The molecule has 0 amide bonds. The first-order valence-corrected chi connectivity index (χ1v) is 6.40. The molecule has 0 aromatic rings. The van der Waals surface area contributed by atoms with Crippen molar-refractivity contribution in [2.24, 2.45) is 16.6 Å². The first-order chi connectivity index (χ1) is 9.64. The largest absolute Gasteiger partial charge is 0.454 e. The summed E-state index contributed by atoms with van der Waals surface area (Å²) in [5, 5.41) is 53.9. The molecule has 1 saturated heterocycles. The second-order valence-corrected chi connectivity index (χ2v) is 5.89. The van der Waals surface area contributed by atoms with Crippen molar-refractivity contribution in [1.82, 2.24) is 5.32 Å². The van der Waals surface area contributed by atoms with Gasteiger partial charge in [-0.3, -0.25) is 0 Å². The average molecular weight is 303 g/mol. The monoisotopic (exact) mass is 303 g/mol. The lowest BCUT2D eigenvalue weighted by Gasteiger charge is -2.62. The van der Waals surface area contributed by atoms with Gasteiger partial charge in [-0.25, -0.2) is 9.79 Å². The number of aliphatic hydroxyl groups excluding tert-OH is 4. The maximum absolute atomic E-state index is 11.8. The summed E-state index contributed by atoms with van der Waals surface area (Å²) in [7, 11) is 0. The van der Waals surface area contributed by atoms with Crippen LogP contribution in [0.4, 0.5) is 0 Å². The number of hydrogen-bond acceptors (Lipinski definition) is 10. The molecular formula is C11H17N3O7. The Hall–Kier alpha value is -1.46. The molecule has 10 heteroatoms. The zero-order chi connectivity index (χ0) is 15.7. The van der Waals surface area contributed by atoms with Crippen molar-refractivity contribution in [2.75, 3.05) is 0 Å². The number of fused-ring (bicyclic) bond motifs is 1. The average Bonchev–Trinajstić information content (AvgIpc) is 2.38. The van der Waals surface area contributed by atoms with Crippen LogP contribution in [-0.4, -0.2) is 79.2 Å². The van der Waals surface area contributed by atoms with E-state index in [2.05, 4.69) is 10.3 Å². The molecule has 1 saturated carbocycles. The van der Waals surface area contributed by atoms with Gasteiger partial charge in [0, 0.05) is 0 Å². The molecule has 10 nitrogen and oxygen atoms in total. The lowest BCUT2D eigenvalue weighted by Crippen LogP contribution is -2.87. The third-order valence-electron chi connectivity index (χ3n) is 4.70. The van der Waals surface area contributed by atoms with E-state index in [-0.39, 0.29) is 5.96 Å². The van der Waals surface area contributed by atoms with Gasteiger partial charge in [0.15, 0.2) is 24.4 Å². The Morgan fingerprint density at radius 3 is 2.52 bits per heavy atom. The molecule has 0 radical (unpaired) electrons. The summed E-state index contributed by atoms with van der Waals surface area (Å²) in [5.41, 5.74) is 1.58. The Kier molecular flexibility index (Phi) is 2.79. The van der Waals surface area contributed by atoms with Crippen LogP contribution in [0.25, 0.3) is 0 Å².